The molecule has 0 heterocycles. The Bertz CT molecular complexity index is 280. The molecule has 0 fully saturated rings. The van der Waals surface area contributed by atoms with Gasteiger partial charge in [-0.25, -0.2) is 0 Å². The second-order valence-electron chi connectivity index (χ2n) is 3.99. The molecule has 13 heavy (non-hydrogen) atoms. The van der Waals surface area contributed by atoms with Crippen LogP contribution < -0.4 is 0 Å². The molecule has 72 valence electrons. The van der Waals surface area contributed by atoms with Crippen molar-refractivity contribution in [1.29, 1.82) is 0 Å². The average Bonchev–Trinajstić information content (AvgIpc) is 2.01. The first-order chi connectivity index (χ1) is 5.99. The molecule has 0 saturated carbocycles. The lowest BCUT2D eigenvalue weighted by Crippen LogP contribution is -2.24. The van der Waals surface area contributed by atoms with Gasteiger partial charge in [0.05, 0.1) is 6.61 Å². The summed E-state index contributed by atoms with van der Waals surface area (Å²) in [5, 5.41) is 0. The van der Waals surface area contributed by atoms with Crippen molar-refractivity contribution < 1.29 is 4.43 Å². The van der Waals surface area contributed by atoms with E-state index in [1.54, 1.807) is 0 Å². The Morgan fingerprint density at radius 2 is 1.85 bits per heavy atom. The maximum absolute atomic E-state index is 5.81. The molecule has 1 aromatic carbocycles. The quantitative estimate of drug-likeness (QED) is 0.750. The monoisotopic (exact) mass is 258 g/mol. The van der Waals surface area contributed by atoms with Gasteiger partial charge >= 0.3 is 0 Å². The molecule has 0 unspecified atom stereocenters. The second-order valence-corrected chi connectivity index (χ2v) is 9.36. The van der Waals surface area contributed by atoms with Crippen LogP contribution in [0.25, 0.3) is 0 Å². The van der Waals surface area contributed by atoms with Gasteiger partial charge in [-0.15, -0.1) is 0 Å². The van der Waals surface area contributed by atoms with Gasteiger partial charge in [-0.2, -0.15) is 0 Å². The summed E-state index contributed by atoms with van der Waals surface area (Å²) in [6.45, 7) is 7.31. The molecule has 0 aliphatic rings. The molecule has 1 nitrogen and oxygen atoms in total. The van der Waals surface area contributed by atoms with Gasteiger partial charge < -0.3 is 4.43 Å². The third-order valence-corrected chi connectivity index (χ3v) is 3.40. The van der Waals surface area contributed by atoms with E-state index in [4.69, 9.17) is 4.43 Å². The molecule has 0 N–H and O–H groups in total. The Balaban J connectivity index is 2.60. The Labute approximate surface area is 89.4 Å². The lowest BCUT2D eigenvalue weighted by atomic mass is 10.2. The normalized spacial score (nSPS) is 11.7. The highest BCUT2D eigenvalue weighted by atomic mass is 79.9. The SMILES string of the molecule is C[Si](C)(C)OCc1ccccc1Br. The van der Waals surface area contributed by atoms with Gasteiger partial charge in [0.1, 0.15) is 0 Å². The minimum atomic E-state index is -1.38. The van der Waals surface area contributed by atoms with Crippen LogP contribution in [-0.4, -0.2) is 8.32 Å². The highest BCUT2D eigenvalue weighted by Crippen LogP contribution is 2.18. The van der Waals surface area contributed by atoms with Crippen molar-refractivity contribution in [1.82, 2.24) is 0 Å². The maximum atomic E-state index is 5.81. The molecular formula is C10H15BrOSi. The van der Waals surface area contributed by atoms with Crippen molar-refractivity contribution in [3.05, 3.63) is 34.3 Å². The van der Waals surface area contributed by atoms with Crippen LogP contribution in [0.15, 0.2) is 28.7 Å². The topological polar surface area (TPSA) is 9.23 Å². The molecule has 0 bridgehead atoms. The van der Waals surface area contributed by atoms with Crippen LogP contribution in [0.3, 0.4) is 0 Å². The molecule has 0 atom stereocenters. The molecule has 0 aromatic heterocycles. The average molecular weight is 259 g/mol. The zero-order chi connectivity index (χ0) is 9.90. The van der Waals surface area contributed by atoms with Crippen molar-refractivity contribution in [2.45, 2.75) is 26.2 Å². The number of hydrogen-bond acceptors (Lipinski definition) is 1. The van der Waals surface area contributed by atoms with E-state index in [1.807, 2.05) is 18.2 Å². The molecule has 0 amide bonds. The Morgan fingerprint density at radius 3 is 2.38 bits per heavy atom. The van der Waals surface area contributed by atoms with Gasteiger partial charge in [0.15, 0.2) is 8.32 Å². The van der Waals surface area contributed by atoms with Crippen molar-refractivity contribution >= 4 is 24.2 Å². The Morgan fingerprint density at radius 1 is 1.23 bits per heavy atom. The zero-order valence-electron chi connectivity index (χ0n) is 8.30. The zero-order valence-corrected chi connectivity index (χ0v) is 10.9. The third-order valence-electron chi connectivity index (χ3n) is 1.62. The Hall–Kier alpha value is -0.123. The lowest BCUT2D eigenvalue weighted by molar-refractivity contribution is 0.299. The molecule has 0 aliphatic heterocycles. The van der Waals surface area contributed by atoms with E-state index in [1.165, 1.54) is 5.56 Å². The van der Waals surface area contributed by atoms with Crippen LogP contribution in [0.5, 0.6) is 0 Å². The number of rotatable bonds is 3. The van der Waals surface area contributed by atoms with Gasteiger partial charge in [-0.05, 0) is 31.3 Å². The van der Waals surface area contributed by atoms with E-state index in [0.29, 0.717) is 0 Å². The van der Waals surface area contributed by atoms with E-state index in [0.717, 1.165) is 11.1 Å². The van der Waals surface area contributed by atoms with Gasteiger partial charge in [0, 0.05) is 4.47 Å². The predicted molar refractivity (Wildman–Crippen MR) is 62.3 cm³/mol. The fourth-order valence-corrected chi connectivity index (χ4v) is 1.90. The molecule has 1 aromatic rings. The molecule has 1 rings (SSSR count). The first kappa shape index (κ1) is 11.0. The van der Waals surface area contributed by atoms with Crippen LogP contribution in [0.4, 0.5) is 0 Å². The van der Waals surface area contributed by atoms with Gasteiger partial charge in [-0.1, -0.05) is 34.1 Å². The number of halogens is 1. The van der Waals surface area contributed by atoms with E-state index in [-0.39, 0.29) is 0 Å². The highest BCUT2D eigenvalue weighted by molar-refractivity contribution is 9.10. The largest absolute Gasteiger partial charge is 0.413 e. The van der Waals surface area contributed by atoms with E-state index >= 15 is 0 Å². The molecular weight excluding hydrogens is 244 g/mol. The summed E-state index contributed by atoms with van der Waals surface area (Å²) >= 11 is 3.50. The summed E-state index contributed by atoms with van der Waals surface area (Å²) in [5.74, 6) is 0. The minimum absolute atomic E-state index is 0.719. The van der Waals surface area contributed by atoms with E-state index < -0.39 is 8.32 Å². The van der Waals surface area contributed by atoms with Crippen LogP contribution in [0, 0.1) is 0 Å². The van der Waals surface area contributed by atoms with Gasteiger partial charge in [0.2, 0.25) is 0 Å². The van der Waals surface area contributed by atoms with Crippen LogP contribution >= 0.6 is 15.9 Å². The summed E-state index contributed by atoms with van der Waals surface area (Å²) in [6, 6.07) is 8.18. The molecule has 0 saturated heterocycles. The smallest absolute Gasteiger partial charge is 0.184 e. The molecule has 0 aliphatic carbocycles. The van der Waals surface area contributed by atoms with Gasteiger partial charge in [-0.3, -0.25) is 0 Å². The van der Waals surface area contributed by atoms with Crippen molar-refractivity contribution in [2.75, 3.05) is 0 Å². The first-order valence-corrected chi connectivity index (χ1v) is 8.56. The molecule has 0 radical (unpaired) electrons. The van der Waals surface area contributed by atoms with Crippen molar-refractivity contribution in [3.8, 4) is 0 Å². The minimum Gasteiger partial charge on any atom is -0.413 e. The standard InChI is InChI=1S/C10H15BrOSi/c1-13(2,3)12-8-9-6-4-5-7-10(9)11/h4-7H,8H2,1-3H3. The first-order valence-electron chi connectivity index (χ1n) is 4.36. The van der Waals surface area contributed by atoms with E-state index in [2.05, 4.69) is 41.6 Å². The number of hydrogen-bond donors (Lipinski definition) is 0. The fraction of sp³-hybridized carbons (Fsp3) is 0.400. The molecule has 3 heteroatoms. The molecule has 0 spiro atoms. The van der Waals surface area contributed by atoms with Crippen LogP contribution in [-0.2, 0) is 11.0 Å². The van der Waals surface area contributed by atoms with Crippen LogP contribution in [0.1, 0.15) is 5.56 Å². The Kier molecular flexibility index (Phi) is 3.70. The summed E-state index contributed by atoms with van der Waals surface area (Å²) < 4.78 is 6.94. The summed E-state index contributed by atoms with van der Waals surface area (Å²) in [6.07, 6.45) is 0. The van der Waals surface area contributed by atoms with Crippen molar-refractivity contribution in [2.24, 2.45) is 0 Å². The third kappa shape index (κ3) is 4.07. The maximum Gasteiger partial charge on any atom is 0.184 e. The van der Waals surface area contributed by atoms with Crippen molar-refractivity contribution in [3.63, 3.8) is 0 Å². The second kappa shape index (κ2) is 4.40. The predicted octanol–water partition coefficient (Wildman–Crippen LogP) is 3.80. The van der Waals surface area contributed by atoms with Gasteiger partial charge in [0.25, 0.3) is 0 Å². The van der Waals surface area contributed by atoms with E-state index in [9.17, 15) is 0 Å². The summed E-state index contributed by atoms with van der Waals surface area (Å²) in [5.41, 5.74) is 1.23. The lowest BCUT2D eigenvalue weighted by Gasteiger charge is -2.17. The summed E-state index contributed by atoms with van der Waals surface area (Å²) in [4.78, 5) is 0. The summed E-state index contributed by atoms with van der Waals surface area (Å²) in [7, 11) is -1.38. The fourth-order valence-electron chi connectivity index (χ4n) is 0.910. The number of benzene rings is 1. The highest BCUT2D eigenvalue weighted by Gasteiger charge is 2.14. The van der Waals surface area contributed by atoms with Crippen LogP contribution in [0.2, 0.25) is 19.6 Å².